The van der Waals surface area contributed by atoms with Gasteiger partial charge in [-0.2, -0.15) is 0 Å². The summed E-state index contributed by atoms with van der Waals surface area (Å²) in [5.41, 5.74) is 24.0. The minimum Gasteiger partial charge on any atom is -0.103 e. The standard InChI is InChI=1S/C38H50Si/c1-15-31(35-29(13)27(11)33-23(7)19(3)21(5)25(9)37(33)35)17-39-18-32(16-2)36-30(14)28(12)34-24(8)20(4)22(6)26(10)38(34)36/h15-16,31-32,35-36H,1-2,17-18H2,3-14H3. The third-order valence-corrected chi connectivity index (χ3v) is 12.7. The first-order chi connectivity index (χ1) is 18.3. The maximum Gasteiger partial charge on any atom is 0.0390 e. The Kier molecular flexibility index (Phi) is 8.26. The summed E-state index contributed by atoms with van der Waals surface area (Å²) in [5.74, 6) is 1.84. The van der Waals surface area contributed by atoms with Crippen molar-refractivity contribution in [3.05, 3.63) is 103 Å². The SMILES string of the molecule is C=CC(C[Si]CC(C=C)C1C(C)=C(C)c2c(C)c(C)c(C)c(C)c21)C1C(C)=C(C)c2c(C)c(C)c(C)c(C)c21. The first-order valence-corrected chi connectivity index (χ1v) is 16.2. The lowest BCUT2D eigenvalue weighted by atomic mass is 9.80. The van der Waals surface area contributed by atoms with E-state index in [4.69, 9.17) is 0 Å². The highest BCUT2D eigenvalue weighted by Gasteiger charge is 2.37. The molecule has 2 aromatic rings. The molecular weight excluding hydrogens is 485 g/mol. The molecule has 4 rings (SSSR count). The molecule has 2 aromatic carbocycles. The van der Waals surface area contributed by atoms with E-state index >= 15 is 0 Å². The molecule has 2 aliphatic rings. The van der Waals surface area contributed by atoms with Crippen LogP contribution in [0.2, 0.25) is 12.1 Å². The molecule has 0 fully saturated rings. The Balaban J connectivity index is 1.62. The van der Waals surface area contributed by atoms with Crippen LogP contribution in [0.1, 0.15) is 106 Å². The van der Waals surface area contributed by atoms with E-state index in [1.807, 2.05) is 0 Å². The number of fused-ring (bicyclic) bond motifs is 2. The number of hydrogen-bond acceptors (Lipinski definition) is 0. The molecule has 2 aliphatic carbocycles. The van der Waals surface area contributed by atoms with Crippen LogP contribution in [0.3, 0.4) is 0 Å². The van der Waals surface area contributed by atoms with Crippen LogP contribution in [0.4, 0.5) is 0 Å². The van der Waals surface area contributed by atoms with Gasteiger partial charge in [-0.1, -0.05) is 35.4 Å². The summed E-state index contributed by atoms with van der Waals surface area (Å²) in [6.07, 6.45) is 4.52. The fourth-order valence-electron chi connectivity index (χ4n) is 7.88. The van der Waals surface area contributed by atoms with E-state index in [0.717, 1.165) is 9.52 Å². The fraction of sp³-hybridized carbons (Fsp3) is 0.474. The molecule has 0 aliphatic heterocycles. The van der Waals surface area contributed by atoms with Gasteiger partial charge < -0.3 is 0 Å². The number of hydrogen-bond donors (Lipinski definition) is 0. The number of allylic oxidation sites excluding steroid dienone is 6. The Morgan fingerprint density at radius 1 is 0.513 bits per heavy atom. The van der Waals surface area contributed by atoms with Crippen LogP contribution in [0.5, 0.6) is 0 Å². The van der Waals surface area contributed by atoms with Crippen molar-refractivity contribution in [1.82, 2.24) is 0 Å². The Morgan fingerprint density at radius 2 is 0.821 bits per heavy atom. The summed E-state index contributed by atoms with van der Waals surface area (Å²) >= 11 is 0. The van der Waals surface area contributed by atoms with Crippen molar-refractivity contribution in [3.63, 3.8) is 0 Å². The molecule has 0 bridgehead atoms. The lowest BCUT2D eigenvalue weighted by Gasteiger charge is -2.29. The molecule has 1 heteroatoms. The van der Waals surface area contributed by atoms with Crippen LogP contribution >= 0.6 is 0 Å². The highest BCUT2D eigenvalue weighted by Crippen LogP contribution is 2.52. The zero-order valence-electron chi connectivity index (χ0n) is 26.8. The van der Waals surface area contributed by atoms with Crippen molar-refractivity contribution in [2.75, 3.05) is 0 Å². The van der Waals surface area contributed by atoms with Crippen molar-refractivity contribution in [2.45, 2.75) is 107 Å². The van der Waals surface area contributed by atoms with E-state index in [-0.39, 0.29) is 0 Å². The van der Waals surface area contributed by atoms with E-state index < -0.39 is 0 Å². The second-order valence-corrected chi connectivity index (χ2v) is 13.9. The minimum absolute atomic E-state index is 0.455. The van der Waals surface area contributed by atoms with Crippen molar-refractivity contribution >= 4 is 20.7 Å². The van der Waals surface area contributed by atoms with Crippen LogP contribution in [0.15, 0.2) is 36.5 Å². The van der Waals surface area contributed by atoms with Gasteiger partial charge in [-0.3, -0.25) is 0 Å². The van der Waals surface area contributed by atoms with Crippen molar-refractivity contribution in [1.29, 1.82) is 0 Å². The van der Waals surface area contributed by atoms with Gasteiger partial charge in [0.05, 0.1) is 0 Å². The molecule has 4 unspecified atom stereocenters. The van der Waals surface area contributed by atoms with Crippen LogP contribution in [0.25, 0.3) is 11.1 Å². The molecule has 4 atom stereocenters. The maximum absolute atomic E-state index is 4.37. The maximum atomic E-state index is 4.37. The van der Waals surface area contributed by atoms with Gasteiger partial charge in [0, 0.05) is 21.4 Å². The Bertz CT molecular complexity index is 1330. The molecule has 206 valence electrons. The molecular formula is C38H50Si. The summed E-state index contributed by atoms with van der Waals surface area (Å²) in [7, 11) is 0.888. The highest BCUT2D eigenvalue weighted by atomic mass is 28.2. The number of rotatable bonds is 8. The van der Waals surface area contributed by atoms with Gasteiger partial charge in [0.15, 0.2) is 0 Å². The second-order valence-electron chi connectivity index (χ2n) is 12.6. The summed E-state index contributed by atoms with van der Waals surface area (Å²) in [6, 6.07) is 2.39. The van der Waals surface area contributed by atoms with E-state index in [2.05, 4.69) is 108 Å². The molecule has 2 radical (unpaired) electrons. The normalized spacial score (nSPS) is 19.9. The zero-order valence-corrected chi connectivity index (χ0v) is 27.8. The smallest absolute Gasteiger partial charge is 0.0390 e. The van der Waals surface area contributed by atoms with Crippen LogP contribution in [-0.2, 0) is 0 Å². The molecule has 0 spiro atoms. The largest absolute Gasteiger partial charge is 0.103 e. The lowest BCUT2D eigenvalue weighted by molar-refractivity contribution is 0.597. The molecule has 0 N–H and O–H groups in total. The van der Waals surface area contributed by atoms with Gasteiger partial charge in [-0.25, -0.2) is 0 Å². The molecule has 0 saturated heterocycles. The Labute approximate surface area is 242 Å². The highest BCUT2D eigenvalue weighted by molar-refractivity contribution is 6.35. The average molecular weight is 535 g/mol. The van der Waals surface area contributed by atoms with Crippen LogP contribution in [-0.4, -0.2) is 9.52 Å². The summed E-state index contributed by atoms with van der Waals surface area (Å²) in [6.45, 7) is 36.7. The van der Waals surface area contributed by atoms with Gasteiger partial charge in [0.1, 0.15) is 0 Å². The average Bonchev–Trinajstić information content (AvgIpc) is 3.33. The third kappa shape index (κ3) is 4.40. The van der Waals surface area contributed by atoms with Crippen molar-refractivity contribution in [2.24, 2.45) is 11.8 Å². The van der Waals surface area contributed by atoms with Gasteiger partial charge in [-0.05, 0) is 173 Å². The Morgan fingerprint density at radius 3 is 1.13 bits per heavy atom. The molecule has 0 heterocycles. The molecule has 0 nitrogen and oxygen atoms in total. The van der Waals surface area contributed by atoms with Crippen molar-refractivity contribution < 1.29 is 0 Å². The molecule has 0 saturated carbocycles. The monoisotopic (exact) mass is 534 g/mol. The predicted octanol–water partition coefficient (Wildman–Crippen LogP) is 10.8. The van der Waals surface area contributed by atoms with E-state index in [1.54, 1.807) is 22.3 Å². The Hall–Kier alpha value is -2.38. The van der Waals surface area contributed by atoms with E-state index in [9.17, 15) is 0 Å². The van der Waals surface area contributed by atoms with Gasteiger partial charge in [0.25, 0.3) is 0 Å². The lowest BCUT2D eigenvalue weighted by Crippen LogP contribution is -2.18. The van der Waals surface area contributed by atoms with Crippen LogP contribution < -0.4 is 0 Å². The summed E-state index contributed by atoms with van der Waals surface area (Å²) in [5, 5.41) is 0. The molecule has 39 heavy (non-hydrogen) atoms. The fourth-order valence-corrected chi connectivity index (χ4v) is 9.52. The van der Waals surface area contributed by atoms with E-state index in [0.29, 0.717) is 23.7 Å². The zero-order chi connectivity index (χ0) is 29.1. The van der Waals surface area contributed by atoms with Crippen LogP contribution in [0, 0.1) is 67.2 Å². The topological polar surface area (TPSA) is 0 Å². The van der Waals surface area contributed by atoms with Crippen molar-refractivity contribution in [3.8, 4) is 0 Å². The first-order valence-electron chi connectivity index (χ1n) is 14.8. The second kappa shape index (κ2) is 10.9. The van der Waals surface area contributed by atoms with Gasteiger partial charge in [-0.15, -0.1) is 13.2 Å². The first kappa shape index (κ1) is 29.6. The molecule has 0 amide bonds. The quantitative estimate of drug-likeness (QED) is 0.233. The third-order valence-electron chi connectivity index (χ3n) is 11.2. The number of benzene rings is 2. The van der Waals surface area contributed by atoms with E-state index in [1.165, 1.54) is 78.9 Å². The van der Waals surface area contributed by atoms with Gasteiger partial charge >= 0.3 is 0 Å². The minimum atomic E-state index is 0.455. The summed E-state index contributed by atoms with van der Waals surface area (Å²) < 4.78 is 0. The van der Waals surface area contributed by atoms with Gasteiger partial charge in [0.2, 0.25) is 0 Å². The predicted molar refractivity (Wildman–Crippen MR) is 176 cm³/mol. The molecule has 0 aromatic heterocycles. The summed E-state index contributed by atoms with van der Waals surface area (Å²) in [4.78, 5) is 0.